The normalized spacial score (nSPS) is 16.9. The number of hydrogen-bond donors (Lipinski definition) is 3. The molecule has 0 radical (unpaired) electrons. The molecule has 2 aliphatic rings. The van der Waals surface area contributed by atoms with E-state index >= 15 is 0 Å². The summed E-state index contributed by atoms with van der Waals surface area (Å²) in [4.78, 5) is 21.3. The molecule has 1 fully saturated rings. The van der Waals surface area contributed by atoms with E-state index in [0.29, 0.717) is 47.0 Å². The summed E-state index contributed by atoms with van der Waals surface area (Å²) in [5.74, 6) is 2.17. The maximum Gasteiger partial charge on any atom is 0.270 e. The van der Waals surface area contributed by atoms with Gasteiger partial charge in [0.2, 0.25) is 0 Å². The number of nitrogens with one attached hydrogen (secondary N) is 2. The Morgan fingerprint density at radius 2 is 2.21 bits per heavy atom. The number of amides is 1. The SMILES string of the molecule is Cc1c(Cl)cccc1OC[C@H](O)CNc1nc(C2CC2)nc2c1CCNC2=O. The average molecular weight is 403 g/mol. The molecule has 1 saturated carbocycles. The van der Waals surface area contributed by atoms with Crippen molar-refractivity contribution in [2.45, 2.75) is 38.2 Å². The van der Waals surface area contributed by atoms with Gasteiger partial charge in [-0.3, -0.25) is 4.79 Å². The first-order chi connectivity index (χ1) is 13.5. The number of aliphatic hydroxyl groups excluding tert-OH is 1. The number of nitrogens with zero attached hydrogens (tertiary/aromatic N) is 2. The fourth-order valence-electron chi connectivity index (χ4n) is 3.18. The number of halogens is 1. The number of hydrogen-bond acceptors (Lipinski definition) is 6. The number of aromatic nitrogens is 2. The van der Waals surface area contributed by atoms with Crippen LogP contribution in [0.3, 0.4) is 0 Å². The zero-order valence-corrected chi connectivity index (χ0v) is 16.4. The molecule has 2 heterocycles. The average Bonchev–Trinajstić information content (AvgIpc) is 3.53. The summed E-state index contributed by atoms with van der Waals surface area (Å²) in [6.07, 6.45) is 2.03. The fraction of sp³-hybridized carbons (Fsp3) is 0.450. The zero-order valence-electron chi connectivity index (χ0n) is 15.7. The van der Waals surface area contributed by atoms with Gasteiger partial charge in [0.05, 0.1) is 0 Å². The lowest BCUT2D eigenvalue weighted by molar-refractivity contribution is 0.0940. The third-order valence-electron chi connectivity index (χ3n) is 5.00. The van der Waals surface area contributed by atoms with E-state index in [9.17, 15) is 9.90 Å². The van der Waals surface area contributed by atoms with Gasteiger partial charge in [0.25, 0.3) is 5.91 Å². The molecule has 0 unspecified atom stereocenters. The van der Waals surface area contributed by atoms with Crippen LogP contribution in [0.2, 0.25) is 5.02 Å². The number of aliphatic hydroxyl groups is 1. The molecule has 2 aromatic rings. The van der Waals surface area contributed by atoms with E-state index in [1.807, 2.05) is 19.1 Å². The van der Waals surface area contributed by atoms with E-state index < -0.39 is 6.10 Å². The van der Waals surface area contributed by atoms with E-state index in [1.54, 1.807) is 6.07 Å². The van der Waals surface area contributed by atoms with Gasteiger partial charge in [-0.15, -0.1) is 0 Å². The van der Waals surface area contributed by atoms with Crippen LogP contribution in [0.25, 0.3) is 0 Å². The molecule has 1 amide bonds. The van der Waals surface area contributed by atoms with E-state index in [4.69, 9.17) is 16.3 Å². The molecule has 0 bridgehead atoms. The molecule has 1 aliphatic carbocycles. The van der Waals surface area contributed by atoms with Crippen LogP contribution in [0.4, 0.5) is 5.82 Å². The monoisotopic (exact) mass is 402 g/mol. The largest absolute Gasteiger partial charge is 0.490 e. The summed E-state index contributed by atoms with van der Waals surface area (Å²) in [6.45, 7) is 2.82. The molecule has 148 valence electrons. The van der Waals surface area contributed by atoms with Crippen molar-refractivity contribution in [3.05, 3.63) is 45.9 Å². The first-order valence-electron chi connectivity index (χ1n) is 9.51. The number of rotatable bonds is 7. The molecule has 7 nitrogen and oxygen atoms in total. The van der Waals surface area contributed by atoms with Crippen LogP contribution < -0.4 is 15.4 Å². The van der Waals surface area contributed by atoms with E-state index in [-0.39, 0.29) is 19.1 Å². The summed E-state index contributed by atoms with van der Waals surface area (Å²) >= 11 is 6.09. The molecular weight excluding hydrogens is 380 g/mol. The maximum atomic E-state index is 12.2. The van der Waals surface area contributed by atoms with E-state index in [1.165, 1.54) is 0 Å². The second-order valence-corrected chi connectivity index (χ2v) is 7.65. The van der Waals surface area contributed by atoms with Gasteiger partial charge < -0.3 is 20.5 Å². The summed E-state index contributed by atoms with van der Waals surface area (Å²) in [7, 11) is 0. The predicted octanol–water partition coefficient (Wildman–Crippen LogP) is 2.45. The lowest BCUT2D eigenvalue weighted by atomic mass is 10.1. The third-order valence-corrected chi connectivity index (χ3v) is 5.41. The predicted molar refractivity (Wildman–Crippen MR) is 106 cm³/mol. The van der Waals surface area contributed by atoms with Gasteiger partial charge in [-0.2, -0.15) is 0 Å². The maximum absolute atomic E-state index is 12.2. The lowest BCUT2D eigenvalue weighted by Crippen LogP contribution is -2.35. The van der Waals surface area contributed by atoms with Crippen molar-refractivity contribution in [1.29, 1.82) is 0 Å². The quantitative estimate of drug-likeness (QED) is 0.658. The van der Waals surface area contributed by atoms with Crippen molar-refractivity contribution in [2.24, 2.45) is 0 Å². The molecule has 1 aromatic carbocycles. The Hall–Kier alpha value is -2.38. The van der Waals surface area contributed by atoms with Crippen LogP contribution in [0, 0.1) is 6.92 Å². The number of carbonyl (C=O) groups excluding carboxylic acids is 1. The second kappa shape index (κ2) is 7.93. The molecule has 4 rings (SSSR count). The summed E-state index contributed by atoms with van der Waals surface area (Å²) in [5, 5.41) is 17.0. The third kappa shape index (κ3) is 4.05. The Kier molecular flexibility index (Phi) is 5.37. The molecular formula is C20H23ClN4O3. The summed E-state index contributed by atoms with van der Waals surface area (Å²) < 4.78 is 5.70. The number of fused-ring (bicyclic) bond motifs is 1. The number of anilines is 1. The highest BCUT2D eigenvalue weighted by atomic mass is 35.5. The summed E-state index contributed by atoms with van der Waals surface area (Å²) in [5.41, 5.74) is 2.10. The van der Waals surface area contributed by atoms with E-state index in [2.05, 4.69) is 20.6 Å². The van der Waals surface area contributed by atoms with Gasteiger partial charge in [-0.25, -0.2) is 9.97 Å². The highest BCUT2D eigenvalue weighted by Gasteiger charge is 2.31. The molecule has 1 aromatic heterocycles. The smallest absolute Gasteiger partial charge is 0.270 e. The first-order valence-corrected chi connectivity index (χ1v) is 9.89. The number of ether oxygens (including phenoxy) is 1. The van der Waals surface area contributed by atoms with Gasteiger partial charge >= 0.3 is 0 Å². The topological polar surface area (TPSA) is 96.4 Å². The van der Waals surface area contributed by atoms with Crippen LogP contribution in [0.15, 0.2) is 18.2 Å². The Morgan fingerprint density at radius 1 is 1.39 bits per heavy atom. The van der Waals surface area contributed by atoms with Crippen LogP contribution in [0.5, 0.6) is 5.75 Å². The molecule has 0 spiro atoms. The van der Waals surface area contributed by atoms with Crippen molar-refractivity contribution in [1.82, 2.24) is 15.3 Å². The van der Waals surface area contributed by atoms with Crippen molar-refractivity contribution >= 4 is 23.3 Å². The van der Waals surface area contributed by atoms with Crippen molar-refractivity contribution in [2.75, 3.05) is 25.0 Å². The van der Waals surface area contributed by atoms with Crippen LogP contribution in [0.1, 0.15) is 46.2 Å². The fourth-order valence-corrected chi connectivity index (χ4v) is 3.35. The second-order valence-electron chi connectivity index (χ2n) is 7.25. The molecule has 28 heavy (non-hydrogen) atoms. The van der Waals surface area contributed by atoms with Gasteiger partial charge in [-0.1, -0.05) is 17.7 Å². The van der Waals surface area contributed by atoms with Crippen molar-refractivity contribution < 1.29 is 14.6 Å². The minimum absolute atomic E-state index is 0.122. The van der Waals surface area contributed by atoms with Crippen LogP contribution >= 0.6 is 11.6 Å². The van der Waals surface area contributed by atoms with Gasteiger partial charge in [0.1, 0.15) is 35.8 Å². The first kappa shape index (κ1) is 19.0. The van der Waals surface area contributed by atoms with Gasteiger partial charge in [0.15, 0.2) is 0 Å². The van der Waals surface area contributed by atoms with Gasteiger partial charge in [-0.05, 0) is 38.3 Å². The molecule has 3 N–H and O–H groups in total. The Bertz CT molecular complexity index is 901. The van der Waals surface area contributed by atoms with Gasteiger partial charge in [0, 0.05) is 35.2 Å². The van der Waals surface area contributed by atoms with Crippen LogP contribution in [-0.4, -0.2) is 46.8 Å². The minimum Gasteiger partial charge on any atom is -0.490 e. The Labute approximate surface area is 168 Å². The summed E-state index contributed by atoms with van der Waals surface area (Å²) in [6, 6.07) is 5.43. The molecule has 1 aliphatic heterocycles. The Morgan fingerprint density at radius 3 is 3.00 bits per heavy atom. The zero-order chi connectivity index (χ0) is 19.7. The van der Waals surface area contributed by atoms with Crippen molar-refractivity contribution in [3.8, 4) is 5.75 Å². The van der Waals surface area contributed by atoms with Crippen molar-refractivity contribution in [3.63, 3.8) is 0 Å². The molecule has 8 heteroatoms. The minimum atomic E-state index is -0.745. The molecule has 1 atom stereocenters. The lowest BCUT2D eigenvalue weighted by Gasteiger charge is -2.21. The van der Waals surface area contributed by atoms with Crippen LogP contribution in [-0.2, 0) is 6.42 Å². The highest BCUT2D eigenvalue weighted by molar-refractivity contribution is 6.31. The molecule has 0 saturated heterocycles. The van der Waals surface area contributed by atoms with E-state index in [0.717, 1.165) is 24.0 Å². The number of benzene rings is 1. The Balaban J connectivity index is 1.42. The standard InChI is InChI=1S/C20H23ClN4O3/c1-11-15(21)3-2-4-16(11)28-10-13(26)9-23-19-14-7-8-22-20(27)17(14)24-18(25-19)12-5-6-12/h2-4,12-13,26H,5-10H2,1H3,(H,22,27)(H,23,24,25)/t13-/m1/s1. The highest BCUT2D eigenvalue weighted by Crippen LogP contribution is 2.39. The number of carbonyl (C=O) groups is 1.